The van der Waals surface area contributed by atoms with Crippen LogP contribution in [0.2, 0.25) is 0 Å². The molecule has 0 unspecified atom stereocenters. The number of pyridine rings is 1. The number of rotatable bonds is 8. The molecule has 1 aliphatic heterocycles. The maximum atomic E-state index is 6.18. The number of ether oxygens (including phenoxy) is 4. The molecular formula is C28H25NO4. The average Bonchev–Trinajstić information content (AvgIpc) is 3.43. The smallest absolute Gasteiger partial charge is 0.225 e. The molecule has 0 atom stereocenters. The molecule has 1 aromatic heterocycles. The Kier molecular flexibility index (Phi) is 6.61. The minimum Gasteiger partial charge on any atom is -0.473 e. The van der Waals surface area contributed by atoms with Gasteiger partial charge in [-0.2, -0.15) is 4.98 Å². The highest BCUT2D eigenvalue weighted by Gasteiger charge is 2.19. The van der Waals surface area contributed by atoms with Crippen LogP contribution < -0.4 is 9.47 Å². The first-order chi connectivity index (χ1) is 16.3. The first kappa shape index (κ1) is 21.2. The van der Waals surface area contributed by atoms with Crippen molar-refractivity contribution in [1.82, 2.24) is 4.98 Å². The van der Waals surface area contributed by atoms with Gasteiger partial charge in [0.15, 0.2) is 6.29 Å². The zero-order valence-electron chi connectivity index (χ0n) is 18.2. The molecule has 5 nitrogen and oxygen atoms in total. The normalized spacial score (nSPS) is 13.7. The van der Waals surface area contributed by atoms with Crippen LogP contribution in [0.4, 0.5) is 0 Å². The predicted octanol–water partition coefficient (Wildman–Crippen LogP) is 5.95. The highest BCUT2D eigenvalue weighted by atomic mass is 16.7. The lowest BCUT2D eigenvalue weighted by molar-refractivity contribution is -0.0440. The predicted molar refractivity (Wildman–Crippen MR) is 126 cm³/mol. The lowest BCUT2D eigenvalue weighted by atomic mass is 10.0. The molecule has 0 N–H and O–H groups in total. The summed E-state index contributed by atoms with van der Waals surface area (Å²) >= 11 is 0. The summed E-state index contributed by atoms with van der Waals surface area (Å²) in [5, 5.41) is 0. The van der Waals surface area contributed by atoms with Crippen LogP contribution in [0, 0.1) is 0 Å². The second-order valence-corrected chi connectivity index (χ2v) is 7.75. The van der Waals surface area contributed by atoms with Crippen LogP contribution in [0.25, 0.3) is 11.1 Å². The molecule has 2 heterocycles. The third-order valence-electron chi connectivity index (χ3n) is 5.37. The molecule has 4 aromatic rings. The largest absolute Gasteiger partial charge is 0.473 e. The highest BCUT2D eigenvalue weighted by molar-refractivity contribution is 5.69. The van der Waals surface area contributed by atoms with Gasteiger partial charge < -0.3 is 18.9 Å². The molecule has 0 radical (unpaired) electrons. The molecule has 0 bridgehead atoms. The standard InChI is InChI=1S/C28H25NO4/c1-3-8-21(9-4-1)19-32-26-15-14-25(27(29-26)33-20-22-10-5-2-6-11-22)23-12-7-13-24(18-23)28-30-16-17-31-28/h1-15,18,28H,16-17,19-20H2. The lowest BCUT2D eigenvalue weighted by Gasteiger charge is -2.15. The van der Waals surface area contributed by atoms with Gasteiger partial charge in [-0.1, -0.05) is 78.9 Å². The topological polar surface area (TPSA) is 49.8 Å². The van der Waals surface area contributed by atoms with E-state index in [-0.39, 0.29) is 6.29 Å². The van der Waals surface area contributed by atoms with Crippen LogP contribution in [0.3, 0.4) is 0 Å². The molecular weight excluding hydrogens is 414 g/mol. The molecule has 0 spiro atoms. The van der Waals surface area contributed by atoms with Gasteiger partial charge in [0.2, 0.25) is 11.8 Å². The summed E-state index contributed by atoms with van der Waals surface area (Å²) in [5.41, 5.74) is 5.00. The van der Waals surface area contributed by atoms with Crippen molar-refractivity contribution in [2.45, 2.75) is 19.5 Å². The maximum absolute atomic E-state index is 6.18. The summed E-state index contributed by atoms with van der Waals surface area (Å²) in [7, 11) is 0. The maximum Gasteiger partial charge on any atom is 0.225 e. The Morgan fingerprint density at radius 1 is 0.697 bits per heavy atom. The number of hydrogen-bond acceptors (Lipinski definition) is 5. The lowest BCUT2D eigenvalue weighted by Crippen LogP contribution is -2.03. The minimum absolute atomic E-state index is 0.333. The summed E-state index contributed by atoms with van der Waals surface area (Å²) in [5.74, 6) is 1.04. The van der Waals surface area contributed by atoms with Crippen molar-refractivity contribution in [2.75, 3.05) is 13.2 Å². The van der Waals surface area contributed by atoms with Crippen molar-refractivity contribution in [3.05, 3.63) is 114 Å². The van der Waals surface area contributed by atoms with Crippen molar-refractivity contribution in [1.29, 1.82) is 0 Å². The Bertz CT molecular complexity index is 1170. The first-order valence-corrected chi connectivity index (χ1v) is 11.0. The fourth-order valence-electron chi connectivity index (χ4n) is 3.69. The number of nitrogens with zero attached hydrogens (tertiary/aromatic N) is 1. The van der Waals surface area contributed by atoms with E-state index < -0.39 is 0 Å². The van der Waals surface area contributed by atoms with Gasteiger partial charge >= 0.3 is 0 Å². The van der Waals surface area contributed by atoms with Gasteiger partial charge in [-0.15, -0.1) is 0 Å². The van der Waals surface area contributed by atoms with E-state index in [9.17, 15) is 0 Å². The van der Waals surface area contributed by atoms with Crippen LogP contribution >= 0.6 is 0 Å². The monoisotopic (exact) mass is 439 g/mol. The van der Waals surface area contributed by atoms with E-state index in [1.807, 2.05) is 91.0 Å². The molecule has 5 rings (SSSR count). The second kappa shape index (κ2) is 10.3. The van der Waals surface area contributed by atoms with E-state index in [2.05, 4.69) is 6.07 Å². The van der Waals surface area contributed by atoms with E-state index in [1.165, 1.54) is 0 Å². The van der Waals surface area contributed by atoms with Crippen molar-refractivity contribution in [3.63, 3.8) is 0 Å². The zero-order valence-corrected chi connectivity index (χ0v) is 18.2. The Labute approximate surface area is 193 Å². The second-order valence-electron chi connectivity index (χ2n) is 7.75. The summed E-state index contributed by atoms with van der Waals surface area (Å²) in [6.07, 6.45) is -0.333. The van der Waals surface area contributed by atoms with Crippen LogP contribution in [0.5, 0.6) is 11.8 Å². The van der Waals surface area contributed by atoms with E-state index in [0.29, 0.717) is 38.2 Å². The van der Waals surface area contributed by atoms with Crippen LogP contribution in [-0.2, 0) is 22.7 Å². The highest BCUT2D eigenvalue weighted by Crippen LogP contribution is 2.34. The molecule has 1 saturated heterocycles. The molecule has 0 saturated carbocycles. The fraction of sp³-hybridized carbons (Fsp3) is 0.179. The average molecular weight is 440 g/mol. The van der Waals surface area contributed by atoms with Gasteiger partial charge in [-0.05, 0) is 28.8 Å². The minimum atomic E-state index is -0.333. The van der Waals surface area contributed by atoms with E-state index in [1.54, 1.807) is 0 Å². The Morgan fingerprint density at radius 2 is 1.36 bits per heavy atom. The van der Waals surface area contributed by atoms with Crippen LogP contribution in [-0.4, -0.2) is 18.2 Å². The first-order valence-electron chi connectivity index (χ1n) is 11.0. The Morgan fingerprint density at radius 3 is 2.06 bits per heavy atom. The van der Waals surface area contributed by atoms with Crippen molar-refractivity contribution in [2.24, 2.45) is 0 Å². The van der Waals surface area contributed by atoms with Gasteiger partial charge in [0.05, 0.1) is 13.2 Å². The van der Waals surface area contributed by atoms with Crippen LogP contribution in [0.1, 0.15) is 23.0 Å². The van der Waals surface area contributed by atoms with Gasteiger partial charge in [0.1, 0.15) is 13.2 Å². The molecule has 166 valence electrons. The van der Waals surface area contributed by atoms with Crippen molar-refractivity contribution in [3.8, 4) is 22.9 Å². The summed E-state index contributed by atoms with van der Waals surface area (Å²) in [6.45, 7) is 2.07. The van der Waals surface area contributed by atoms with Gasteiger partial charge in [-0.25, -0.2) is 0 Å². The quantitative estimate of drug-likeness (QED) is 0.339. The number of benzene rings is 3. The number of hydrogen-bond donors (Lipinski definition) is 0. The molecule has 1 fully saturated rings. The molecule has 0 amide bonds. The fourth-order valence-corrected chi connectivity index (χ4v) is 3.69. The van der Waals surface area contributed by atoms with Crippen molar-refractivity contribution >= 4 is 0 Å². The van der Waals surface area contributed by atoms with Crippen molar-refractivity contribution < 1.29 is 18.9 Å². The zero-order chi connectivity index (χ0) is 22.3. The number of aromatic nitrogens is 1. The molecule has 1 aliphatic rings. The SMILES string of the molecule is c1ccc(COc2ccc(-c3cccc(C4OCCO4)c3)c(OCc3ccccc3)n2)cc1. The molecule has 5 heteroatoms. The van der Waals surface area contributed by atoms with E-state index >= 15 is 0 Å². The Hall–Kier alpha value is -3.67. The molecule has 0 aliphatic carbocycles. The molecule has 33 heavy (non-hydrogen) atoms. The summed E-state index contributed by atoms with van der Waals surface area (Å²) in [4.78, 5) is 4.70. The van der Waals surface area contributed by atoms with Gasteiger partial charge in [0.25, 0.3) is 0 Å². The van der Waals surface area contributed by atoms with Gasteiger partial charge in [0, 0.05) is 17.2 Å². The summed E-state index contributed by atoms with van der Waals surface area (Å²) in [6, 6.07) is 32.1. The summed E-state index contributed by atoms with van der Waals surface area (Å²) < 4.78 is 23.5. The van der Waals surface area contributed by atoms with Crippen LogP contribution in [0.15, 0.2) is 97.1 Å². The van der Waals surface area contributed by atoms with E-state index in [0.717, 1.165) is 27.8 Å². The third kappa shape index (κ3) is 5.40. The Balaban J connectivity index is 1.42. The molecule has 3 aromatic carbocycles. The van der Waals surface area contributed by atoms with Gasteiger partial charge in [-0.3, -0.25) is 0 Å². The van der Waals surface area contributed by atoms with E-state index in [4.69, 9.17) is 23.9 Å². The third-order valence-corrected chi connectivity index (χ3v) is 5.37.